The van der Waals surface area contributed by atoms with Gasteiger partial charge in [0.25, 0.3) is 0 Å². The third-order valence-electron chi connectivity index (χ3n) is 1.65. The maximum absolute atomic E-state index is 11.0. The van der Waals surface area contributed by atoms with Crippen molar-refractivity contribution in [1.82, 2.24) is 0 Å². The molecule has 0 aromatic heterocycles. The number of ether oxygens (including phenoxy) is 1. The van der Waals surface area contributed by atoms with Crippen molar-refractivity contribution in [1.29, 1.82) is 0 Å². The van der Waals surface area contributed by atoms with Gasteiger partial charge in [-0.1, -0.05) is 23.2 Å². The van der Waals surface area contributed by atoms with E-state index in [1.807, 2.05) is 0 Å². The number of carbonyl (C=O) groups excluding carboxylic acids is 1. The first kappa shape index (κ1) is 7.35. The van der Waals surface area contributed by atoms with Gasteiger partial charge in [0.15, 0.2) is 0 Å². The van der Waals surface area contributed by atoms with Crippen molar-refractivity contribution in [3.05, 3.63) is 22.2 Å². The van der Waals surface area contributed by atoms with Crippen molar-refractivity contribution in [2.75, 3.05) is 6.61 Å². The molecule has 0 aromatic rings. The second kappa shape index (κ2) is 2.09. The highest BCUT2D eigenvalue weighted by molar-refractivity contribution is 6.55. The summed E-state index contributed by atoms with van der Waals surface area (Å²) >= 11 is 11.2. The van der Waals surface area contributed by atoms with Crippen molar-refractivity contribution in [3.8, 4) is 0 Å². The van der Waals surface area contributed by atoms with Crippen LogP contribution in [0.25, 0.3) is 0 Å². The summed E-state index contributed by atoms with van der Waals surface area (Å²) in [6.45, 7) is 0.562. The van der Waals surface area contributed by atoms with Gasteiger partial charge in [-0.15, -0.1) is 0 Å². The molecule has 0 radical (unpaired) electrons. The average Bonchev–Trinajstić information content (AvgIpc) is 2.65. The Balaban J connectivity index is 2.40. The van der Waals surface area contributed by atoms with Crippen LogP contribution in [0, 0.1) is 0 Å². The van der Waals surface area contributed by atoms with Crippen LogP contribution in [0.3, 0.4) is 0 Å². The molecule has 1 fully saturated rings. The van der Waals surface area contributed by atoms with Gasteiger partial charge in [0.2, 0.25) is 5.78 Å². The van der Waals surface area contributed by atoms with Crippen LogP contribution in [0.1, 0.15) is 0 Å². The van der Waals surface area contributed by atoms with Crippen molar-refractivity contribution in [2.24, 2.45) is 0 Å². The third-order valence-corrected chi connectivity index (χ3v) is 2.22. The van der Waals surface area contributed by atoms with Gasteiger partial charge in [-0.25, -0.2) is 0 Å². The van der Waals surface area contributed by atoms with Gasteiger partial charge in [0, 0.05) is 0 Å². The first-order valence-corrected chi connectivity index (χ1v) is 3.84. The molecule has 2 rings (SSSR count). The number of rotatable bonds is 0. The minimum atomic E-state index is -0.456. The summed E-state index contributed by atoms with van der Waals surface area (Å²) < 4.78 is 5.05. The highest BCUT2D eigenvalue weighted by Crippen LogP contribution is 2.38. The lowest BCUT2D eigenvalue weighted by molar-refractivity contribution is -0.111. The monoisotopic (exact) mass is 190 g/mol. The molecule has 0 amide bonds. The van der Waals surface area contributed by atoms with Crippen LogP contribution < -0.4 is 0 Å². The molecule has 0 saturated carbocycles. The Hall–Kier alpha value is -0.310. The standard InChI is InChI=1S/C7H4Cl2O2/c8-4-1-7(3-11-7)2-5(9)6(4)10/h1-2H,3H2. The first-order chi connectivity index (χ1) is 5.13. The zero-order valence-electron chi connectivity index (χ0n) is 5.43. The Morgan fingerprint density at radius 2 is 1.82 bits per heavy atom. The molecule has 2 nitrogen and oxygen atoms in total. The van der Waals surface area contributed by atoms with E-state index in [-0.39, 0.29) is 15.8 Å². The molecular weight excluding hydrogens is 187 g/mol. The second-order valence-electron chi connectivity index (χ2n) is 2.56. The fourth-order valence-electron chi connectivity index (χ4n) is 0.966. The Morgan fingerprint density at radius 3 is 2.18 bits per heavy atom. The van der Waals surface area contributed by atoms with Gasteiger partial charge in [-0.2, -0.15) is 0 Å². The summed E-state index contributed by atoms with van der Waals surface area (Å²) in [5.41, 5.74) is -0.456. The number of epoxide rings is 1. The quantitative estimate of drug-likeness (QED) is 0.544. The number of allylic oxidation sites excluding steroid dienone is 2. The predicted molar refractivity (Wildman–Crippen MR) is 41.6 cm³/mol. The smallest absolute Gasteiger partial charge is 0.215 e. The molecule has 1 aliphatic heterocycles. The van der Waals surface area contributed by atoms with E-state index in [1.54, 1.807) is 12.2 Å². The number of hydrogen-bond donors (Lipinski definition) is 0. The van der Waals surface area contributed by atoms with Gasteiger partial charge in [-0.3, -0.25) is 4.79 Å². The molecule has 1 aliphatic carbocycles. The van der Waals surface area contributed by atoms with Crippen molar-refractivity contribution in [2.45, 2.75) is 5.60 Å². The van der Waals surface area contributed by atoms with Crippen LogP contribution in [0.15, 0.2) is 22.2 Å². The maximum atomic E-state index is 11.0. The summed E-state index contributed by atoms with van der Waals surface area (Å²) in [5.74, 6) is -0.325. The lowest BCUT2D eigenvalue weighted by Gasteiger charge is -2.08. The van der Waals surface area contributed by atoms with Gasteiger partial charge in [0.05, 0.1) is 16.7 Å². The maximum Gasteiger partial charge on any atom is 0.215 e. The zero-order chi connectivity index (χ0) is 8.06. The molecule has 4 heteroatoms. The summed E-state index contributed by atoms with van der Waals surface area (Å²) in [7, 11) is 0. The van der Waals surface area contributed by atoms with Gasteiger partial charge in [0.1, 0.15) is 5.60 Å². The topological polar surface area (TPSA) is 29.6 Å². The van der Waals surface area contributed by atoms with Crippen LogP contribution in [-0.2, 0) is 9.53 Å². The van der Waals surface area contributed by atoms with Crippen molar-refractivity contribution < 1.29 is 9.53 Å². The Morgan fingerprint density at radius 1 is 1.36 bits per heavy atom. The van der Waals surface area contributed by atoms with Crippen LogP contribution in [0.4, 0.5) is 0 Å². The summed E-state index contributed by atoms with van der Waals surface area (Å²) in [6.07, 6.45) is 3.17. The van der Waals surface area contributed by atoms with Crippen LogP contribution in [0.2, 0.25) is 0 Å². The van der Waals surface area contributed by atoms with E-state index in [0.717, 1.165) is 0 Å². The van der Waals surface area contributed by atoms with Gasteiger partial charge in [-0.05, 0) is 12.2 Å². The lowest BCUT2D eigenvalue weighted by atomic mass is 10.0. The molecule has 58 valence electrons. The first-order valence-electron chi connectivity index (χ1n) is 3.08. The predicted octanol–water partition coefficient (Wildman–Crippen LogP) is 1.58. The van der Waals surface area contributed by atoms with E-state index in [2.05, 4.69) is 0 Å². The van der Waals surface area contributed by atoms with Crippen LogP contribution in [0.5, 0.6) is 0 Å². The fourth-order valence-corrected chi connectivity index (χ4v) is 1.59. The Bertz CT molecular complexity index is 263. The number of Topliss-reactive ketones (excluding diaryl/α,β-unsaturated/α-hetero) is 1. The van der Waals surface area contributed by atoms with Crippen LogP contribution in [-0.4, -0.2) is 18.0 Å². The van der Waals surface area contributed by atoms with E-state index in [0.29, 0.717) is 6.61 Å². The minimum absolute atomic E-state index is 0.148. The molecule has 1 spiro atoms. The molecule has 0 atom stereocenters. The highest BCUT2D eigenvalue weighted by atomic mass is 35.5. The number of halogens is 2. The summed E-state index contributed by atoms with van der Waals surface area (Å²) in [4.78, 5) is 11.0. The van der Waals surface area contributed by atoms with Crippen molar-refractivity contribution >= 4 is 29.0 Å². The molecule has 11 heavy (non-hydrogen) atoms. The number of hydrogen-bond acceptors (Lipinski definition) is 2. The lowest BCUT2D eigenvalue weighted by Crippen LogP contribution is -2.14. The highest BCUT2D eigenvalue weighted by Gasteiger charge is 2.44. The second-order valence-corrected chi connectivity index (χ2v) is 3.37. The number of ketones is 1. The molecule has 1 heterocycles. The SMILES string of the molecule is O=C1C(Cl)=CC2(C=C1Cl)CO2. The average molecular weight is 191 g/mol. The molecule has 0 N–H and O–H groups in total. The van der Waals surface area contributed by atoms with Crippen LogP contribution >= 0.6 is 23.2 Å². The largest absolute Gasteiger partial charge is 0.361 e. The van der Waals surface area contributed by atoms with E-state index in [4.69, 9.17) is 27.9 Å². The molecule has 0 aromatic carbocycles. The summed E-state index contributed by atoms with van der Waals surface area (Å²) in [5, 5.41) is 0.296. The molecule has 0 bridgehead atoms. The molecule has 2 aliphatic rings. The Kier molecular flexibility index (Phi) is 1.40. The van der Waals surface area contributed by atoms with E-state index < -0.39 is 5.60 Å². The van der Waals surface area contributed by atoms with E-state index in [1.165, 1.54) is 0 Å². The zero-order valence-corrected chi connectivity index (χ0v) is 6.95. The molecular formula is C7H4Cl2O2. The van der Waals surface area contributed by atoms with E-state index >= 15 is 0 Å². The normalized spacial score (nSPS) is 26.5. The van der Waals surface area contributed by atoms with E-state index in [9.17, 15) is 4.79 Å². The Labute approximate surface area is 73.4 Å². The minimum Gasteiger partial charge on any atom is -0.361 e. The van der Waals surface area contributed by atoms with Crippen molar-refractivity contribution in [3.63, 3.8) is 0 Å². The molecule has 0 unspecified atom stereocenters. The summed E-state index contributed by atoms with van der Waals surface area (Å²) in [6, 6.07) is 0. The number of carbonyl (C=O) groups is 1. The fraction of sp³-hybridized carbons (Fsp3) is 0.286. The third kappa shape index (κ3) is 1.11. The molecule has 1 saturated heterocycles. The van der Waals surface area contributed by atoms with Gasteiger partial charge < -0.3 is 4.74 Å². The van der Waals surface area contributed by atoms with Gasteiger partial charge >= 0.3 is 0 Å².